The van der Waals surface area contributed by atoms with Crippen molar-refractivity contribution in [3.63, 3.8) is 0 Å². The highest BCUT2D eigenvalue weighted by Crippen LogP contribution is 2.32. The lowest BCUT2D eigenvalue weighted by Crippen LogP contribution is -2.31. The van der Waals surface area contributed by atoms with Crippen LogP contribution in [0.3, 0.4) is 0 Å². The van der Waals surface area contributed by atoms with Crippen LogP contribution in [0, 0.1) is 0 Å². The molecule has 1 aliphatic rings. The van der Waals surface area contributed by atoms with E-state index in [1.54, 1.807) is 11.1 Å². The largest absolute Gasteiger partial charge is 0.284 e. The monoisotopic (exact) mass is 365 g/mol. The fourth-order valence-electron chi connectivity index (χ4n) is 2.75. The fourth-order valence-corrected chi connectivity index (χ4v) is 3.90. The van der Waals surface area contributed by atoms with Crippen LogP contribution in [-0.2, 0) is 11.3 Å². The van der Waals surface area contributed by atoms with Crippen LogP contribution in [0.4, 0.5) is 0 Å². The normalized spacial score (nSPS) is 19.0. The zero-order valence-electron chi connectivity index (χ0n) is 14.9. The van der Waals surface area contributed by atoms with Crippen molar-refractivity contribution in [2.24, 2.45) is 10.2 Å². The van der Waals surface area contributed by atoms with E-state index in [4.69, 9.17) is 0 Å². The van der Waals surface area contributed by atoms with Crippen molar-refractivity contribution in [3.8, 4) is 0 Å². The van der Waals surface area contributed by atoms with Crippen LogP contribution in [-0.4, -0.2) is 27.4 Å². The molecule has 3 rings (SSSR count). The zero-order chi connectivity index (χ0) is 18.2. The molecule has 0 spiro atoms. The predicted octanol–water partition coefficient (Wildman–Crippen LogP) is 4.71. The van der Waals surface area contributed by atoms with Crippen LogP contribution in [0.1, 0.15) is 37.3 Å². The molecule has 1 amide bonds. The molecule has 0 N–H and O–H groups in total. The van der Waals surface area contributed by atoms with E-state index < -0.39 is 0 Å². The van der Waals surface area contributed by atoms with Crippen LogP contribution < -0.4 is 0 Å². The van der Waals surface area contributed by atoms with Gasteiger partial charge in [0, 0.05) is 0 Å². The van der Waals surface area contributed by atoms with Gasteiger partial charge in [0.05, 0.1) is 18.0 Å². The fraction of sp³-hybridized carbons (Fsp3) is 0.286. The lowest BCUT2D eigenvalue weighted by molar-refractivity contribution is -0.126. The van der Waals surface area contributed by atoms with Crippen molar-refractivity contribution in [3.05, 3.63) is 71.8 Å². The summed E-state index contributed by atoms with van der Waals surface area (Å²) in [4.78, 5) is 14.6. The summed E-state index contributed by atoms with van der Waals surface area (Å²) in [6.07, 6.45) is 4.73. The maximum Gasteiger partial charge on any atom is 0.242 e. The van der Waals surface area contributed by atoms with Gasteiger partial charge >= 0.3 is 0 Å². The number of carbonyl (C=O) groups excluding carboxylic acids is 1. The van der Waals surface area contributed by atoms with E-state index in [-0.39, 0.29) is 11.2 Å². The molecular weight excluding hydrogens is 342 g/mol. The molecule has 2 aromatic carbocycles. The Hall–Kier alpha value is -2.40. The number of hydrogen-bond donors (Lipinski definition) is 0. The molecule has 0 saturated carbocycles. The first-order chi connectivity index (χ1) is 12.8. The van der Waals surface area contributed by atoms with Gasteiger partial charge in [0.15, 0.2) is 5.17 Å². The maximum absolute atomic E-state index is 12.8. The van der Waals surface area contributed by atoms with E-state index >= 15 is 0 Å². The first kappa shape index (κ1) is 18.4. The predicted molar refractivity (Wildman–Crippen MR) is 109 cm³/mol. The van der Waals surface area contributed by atoms with Crippen molar-refractivity contribution in [1.29, 1.82) is 0 Å². The topological polar surface area (TPSA) is 45.0 Å². The quantitative estimate of drug-likeness (QED) is 0.527. The minimum absolute atomic E-state index is 0.0515. The average molecular weight is 366 g/mol. The van der Waals surface area contributed by atoms with E-state index in [1.807, 2.05) is 60.7 Å². The Labute approximate surface area is 159 Å². The molecule has 0 bridgehead atoms. The molecule has 5 heteroatoms. The molecule has 4 nitrogen and oxygen atoms in total. The van der Waals surface area contributed by atoms with Crippen molar-refractivity contribution in [2.45, 2.75) is 38.0 Å². The zero-order valence-corrected chi connectivity index (χ0v) is 15.7. The minimum Gasteiger partial charge on any atom is -0.284 e. The molecule has 26 heavy (non-hydrogen) atoms. The van der Waals surface area contributed by atoms with Gasteiger partial charge in [-0.2, -0.15) is 5.10 Å². The van der Waals surface area contributed by atoms with Crippen molar-refractivity contribution in [1.82, 2.24) is 4.90 Å². The molecule has 1 atom stereocenters. The summed E-state index contributed by atoms with van der Waals surface area (Å²) in [6.45, 7) is 2.68. The Morgan fingerprint density at radius 2 is 1.77 bits per heavy atom. The summed E-state index contributed by atoms with van der Waals surface area (Å²) in [5.74, 6) is 0.140. The molecule has 1 heterocycles. The molecule has 0 aromatic heterocycles. The van der Waals surface area contributed by atoms with E-state index in [0.29, 0.717) is 11.7 Å². The smallest absolute Gasteiger partial charge is 0.242 e. The molecule has 0 aliphatic carbocycles. The van der Waals surface area contributed by atoms with Crippen molar-refractivity contribution in [2.75, 3.05) is 0 Å². The Kier molecular flexibility index (Phi) is 6.61. The number of carbonyl (C=O) groups is 1. The Morgan fingerprint density at radius 1 is 1.08 bits per heavy atom. The van der Waals surface area contributed by atoms with Gasteiger partial charge in [-0.15, -0.1) is 5.10 Å². The number of rotatable bonds is 7. The second kappa shape index (κ2) is 9.34. The van der Waals surface area contributed by atoms with Gasteiger partial charge in [0.25, 0.3) is 0 Å². The highest BCUT2D eigenvalue weighted by atomic mass is 32.2. The van der Waals surface area contributed by atoms with Crippen LogP contribution >= 0.6 is 11.8 Å². The summed E-state index contributed by atoms with van der Waals surface area (Å²) in [6, 6.07) is 19.9. The Bertz CT molecular complexity index is 774. The standard InChI is InChI=1S/C21H23N3OS/c1-2-3-14-19-20(25)24(16-18-12-8-5-9-13-18)21(26-19)23-22-15-17-10-6-4-7-11-17/h4-13,15,19H,2-3,14,16H2,1H3/b22-15-,23-21-/t19-/m1/s1. The van der Waals surface area contributed by atoms with Gasteiger partial charge in [-0.05, 0) is 17.5 Å². The van der Waals surface area contributed by atoms with Gasteiger partial charge in [-0.1, -0.05) is 92.2 Å². The average Bonchev–Trinajstić information content (AvgIpc) is 2.97. The third-order valence-electron chi connectivity index (χ3n) is 4.17. The first-order valence-electron chi connectivity index (χ1n) is 8.96. The highest BCUT2D eigenvalue weighted by Gasteiger charge is 2.37. The number of amidine groups is 1. The van der Waals surface area contributed by atoms with Crippen LogP contribution in [0.5, 0.6) is 0 Å². The van der Waals surface area contributed by atoms with Gasteiger partial charge in [0.1, 0.15) is 0 Å². The van der Waals surface area contributed by atoms with E-state index in [2.05, 4.69) is 17.1 Å². The van der Waals surface area contributed by atoms with E-state index in [0.717, 1.165) is 30.4 Å². The number of hydrogen-bond acceptors (Lipinski definition) is 4. The van der Waals surface area contributed by atoms with Crippen molar-refractivity contribution >= 4 is 29.1 Å². The molecule has 1 aliphatic heterocycles. The second-order valence-corrected chi connectivity index (χ2v) is 7.37. The Morgan fingerprint density at radius 3 is 2.46 bits per heavy atom. The van der Waals surface area contributed by atoms with Gasteiger partial charge in [-0.25, -0.2) is 0 Å². The number of nitrogens with zero attached hydrogens (tertiary/aromatic N) is 3. The number of thioether (sulfide) groups is 1. The first-order valence-corrected chi connectivity index (χ1v) is 9.84. The molecule has 0 unspecified atom stereocenters. The van der Waals surface area contributed by atoms with Crippen molar-refractivity contribution < 1.29 is 4.79 Å². The van der Waals surface area contributed by atoms with E-state index in [9.17, 15) is 4.79 Å². The van der Waals surface area contributed by atoms with Crippen LogP contribution in [0.25, 0.3) is 0 Å². The van der Waals surface area contributed by atoms with Gasteiger partial charge in [-0.3, -0.25) is 9.69 Å². The molecular formula is C21H23N3OS. The van der Waals surface area contributed by atoms with Crippen LogP contribution in [0.15, 0.2) is 70.9 Å². The maximum atomic E-state index is 12.8. The van der Waals surface area contributed by atoms with Gasteiger partial charge < -0.3 is 0 Å². The molecule has 134 valence electrons. The number of benzene rings is 2. The lowest BCUT2D eigenvalue weighted by Gasteiger charge is -2.15. The summed E-state index contributed by atoms with van der Waals surface area (Å²) < 4.78 is 0. The minimum atomic E-state index is -0.0515. The van der Waals surface area contributed by atoms with E-state index in [1.165, 1.54) is 11.8 Å². The summed E-state index contributed by atoms with van der Waals surface area (Å²) in [5, 5.41) is 9.21. The molecule has 1 saturated heterocycles. The molecule has 0 radical (unpaired) electrons. The third kappa shape index (κ3) is 4.82. The number of amides is 1. The Balaban J connectivity index is 1.78. The lowest BCUT2D eigenvalue weighted by atomic mass is 10.1. The molecule has 2 aromatic rings. The summed E-state index contributed by atoms with van der Waals surface area (Å²) in [7, 11) is 0. The summed E-state index contributed by atoms with van der Waals surface area (Å²) >= 11 is 1.53. The molecule has 1 fully saturated rings. The second-order valence-electron chi connectivity index (χ2n) is 6.20. The van der Waals surface area contributed by atoms with Gasteiger partial charge in [0.2, 0.25) is 5.91 Å². The highest BCUT2D eigenvalue weighted by molar-refractivity contribution is 8.15. The van der Waals surface area contributed by atoms with Crippen LogP contribution in [0.2, 0.25) is 0 Å². The third-order valence-corrected chi connectivity index (χ3v) is 5.41. The summed E-state index contributed by atoms with van der Waals surface area (Å²) in [5.41, 5.74) is 2.08. The number of unbranched alkanes of at least 4 members (excludes halogenated alkanes) is 1. The SMILES string of the molecule is CCCC[C@H]1S/C(=N\N=C/c2ccccc2)N(Cc2ccccc2)C1=O.